The van der Waals surface area contributed by atoms with Gasteiger partial charge in [-0.3, -0.25) is 14.4 Å². The molecule has 0 N–H and O–H groups in total. The first kappa shape index (κ1) is 29.1. The lowest BCUT2D eigenvalue weighted by atomic mass is 9.94. The third-order valence-corrected chi connectivity index (χ3v) is 4.99. The third kappa shape index (κ3) is 11.3. The molecular formula is C26H38O8. The molecule has 0 saturated heterocycles. The molecule has 8 nitrogen and oxygen atoms in total. The number of esters is 4. The molecule has 0 aliphatic rings. The first-order chi connectivity index (χ1) is 16.4. The highest BCUT2D eigenvalue weighted by Crippen LogP contribution is 2.26. The van der Waals surface area contributed by atoms with Gasteiger partial charge in [0.2, 0.25) is 5.60 Å². The van der Waals surface area contributed by atoms with Gasteiger partial charge in [0.1, 0.15) is 0 Å². The van der Waals surface area contributed by atoms with E-state index in [0.29, 0.717) is 24.8 Å². The molecule has 0 atom stereocenters. The number of carbonyl (C=O) groups is 4. The van der Waals surface area contributed by atoms with Crippen LogP contribution in [-0.2, 0) is 44.5 Å². The molecule has 0 amide bonds. The lowest BCUT2D eigenvalue weighted by molar-refractivity contribution is -0.191. The number of carbonyl (C=O) groups excluding carboxylic acids is 4. The molecule has 0 bridgehead atoms. The Hall–Kier alpha value is -2.90. The molecule has 0 aliphatic heterocycles. The van der Waals surface area contributed by atoms with Crippen molar-refractivity contribution in [1.82, 2.24) is 0 Å². The fourth-order valence-corrected chi connectivity index (χ4v) is 3.01. The average Bonchev–Trinajstić information content (AvgIpc) is 2.80. The molecule has 190 valence electrons. The van der Waals surface area contributed by atoms with Gasteiger partial charge < -0.3 is 18.9 Å². The van der Waals surface area contributed by atoms with Gasteiger partial charge in [0.05, 0.1) is 39.1 Å². The number of hydrogen-bond donors (Lipinski definition) is 0. The van der Waals surface area contributed by atoms with Gasteiger partial charge >= 0.3 is 23.9 Å². The molecule has 8 heteroatoms. The number of hydrogen-bond acceptors (Lipinski definition) is 8. The highest BCUT2D eigenvalue weighted by molar-refractivity contribution is 5.92. The van der Waals surface area contributed by atoms with E-state index >= 15 is 0 Å². The fourth-order valence-electron chi connectivity index (χ4n) is 3.01. The van der Waals surface area contributed by atoms with E-state index in [0.717, 1.165) is 19.3 Å². The van der Waals surface area contributed by atoms with Gasteiger partial charge in [0.25, 0.3) is 0 Å². The lowest BCUT2D eigenvalue weighted by Crippen LogP contribution is -2.49. The summed E-state index contributed by atoms with van der Waals surface area (Å²) >= 11 is 0. The summed E-state index contributed by atoms with van der Waals surface area (Å²) in [7, 11) is 0. The minimum absolute atomic E-state index is 0.0725. The molecule has 1 aromatic carbocycles. The largest absolute Gasteiger partial charge is 0.466 e. The van der Waals surface area contributed by atoms with E-state index in [4.69, 9.17) is 18.9 Å². The van der Waals surface area contributed by atoms with Gasteiger partial charge in [-0.15, -0.1) is 0 Å². The molecule has 0 unspecified atom stereocenters. The topological polar surface area (TPSA) is 105 Å². The molecular weight excluding hydrogens is 440 g/mol. The van der Waals surface area contributed by atoms with E-state index in [2.05, 4.69) is 0 Å². The highest BCUT2D eigenvalue weighted by atomic mass is 16.6. The van der Waals surface area contributed by atoms with E-state index in [1.165, 1.54) is 0 Å². The van der Waals surface area contributed by atoms with Crippen LogP contribution in [0.4, 0.5) is 0 Å². The Morgan fingerprint density at radius 2 is 1.15 bits per heavy atom. The molecule has 0 heterocycles. The minimum atomic E-state index is -2.16. The van der Waals surface area contributed by atoms with Gasteiger partial charge in [-0.25, -0.2) is 4.79 Å². The molecule has 0 radical (unpaired) electrons. The first-order valence-electron chi connectivity index (χ1n) is 12.1. The second-order valence-corrected chi connectivity index (χ2v) is 8.12. The SMILES string of the molecule is CCCCOC(=O)CC(CC(=O)OCCCC)(OC(=O)Cc1ccccc1)C(=O)OCCCC. The van der Waals surface area contributed by atoms with Crippen molar-refractivity contribution in [3.05, 3.63) is 35.9 Å². The lowest BCUT2D eigenvalue weighted by Gasteiger charge is -2.30. The monoisotopic (exact) mass is 478 g/mol. The standard InChI is InChI=1S/C26H38O8/c1-4-7-15-31-23(28)19-26(25(30)33-17-9-6-3,20-24(29)32-16-8-5-2)34-22(27)18-21-13-11-10-12-14-21/h10-14H,4-9,15-20H2,1-3H3. The van der Waals surface area contributed by atoms with Crippen LogP contribution >= 0.6 is 0 Å². The van der Waals surface area contributed by atoms with Crippen molar-refractivity contribution in [2.75, 3.05) is 19.8 Å². The predicted molar refractivity (Wildman–Crippen MR) is 126 cm³/mol. The summed E-state index contributed by atoms with van der Waals surface area (Å²) in [6.45, 7) is 6.21. The van der Waals surface area contributed by atoms with Crippen molar-refractivity contribution >= 4 is 23.9 Å². The Bertz CT molecular complexity index is 735. The van der Waals surface area contributed by atoms with Crippen LogP contribution in [-0.4, -0.2) is 49.3 Å². The Kier molecular flexibility index (Phi) is 14.3. The quantitative estimate of drug-likeness (QED) is 0.185. The van der Waals surface area contributed by atoms with Gasteiger partial charge in [0.15, 0.2) is 0 Å². The maximum atomic E-state index is 13.1. The Morgan fingerprint density at radius 3 is 1.62 bits per heavy atom. The van der Waals surface area contributed by atoms with Gasteiger partial charge in [-0.05, 0) is 24.8 Å². The second kappa shape index (κ2) is 16.7. The third-order valence-electron chi connectivity index (χ3n) is 4.99. The smallest absolute Gasteiger partial charge is 0.351 e. The number of benzene rings is 1. The van der Waals surface area contributed by atoms with Crippen molar-refractivity contribution in [1.29, 1.82) is 0 Å². The predicted octanol–water partition coefficient (Wildman–Crippen LogP) is 4.32. The van der Waals surface area contributed by atoms with Crippen molar-refractivity contribution in [2.45, 2.75) is 84.2 Å². The zero-order valence-corrected chi connectivity index (χ0v) is 20.6. The van der Waals surface area contributed by atoms with Crippen LogP contribution in [0.25, 0.3) is 0 Å². The molecule has 0 fully saturated rings. The zero-order valence-electron chi connectivity index (χ0n) is 20.6. The van der Waals surface area contributed by atoms with E-state index in [1.54, 1.807) is 24.3 Å². The molecule has 0 spiro atoms. The van der Waals surface area contributed by atoms with E-state index in [-0.39, 0.29) is 26.2 Å². The normalized spacial score (nSPS) is 10.9. The molecule has 1 rings (SSSR count). The van der Waals surface area contributed by atoms with E-state index < -0.39 is 42.3 Å². The molecule has 34 heavy (non-hydrogen) atoms. The van der Waals surface area contributed by atoms with Crippen molar-refractivity contribution in [3.8, 4) is 0 Å². The van der Waals surface area contributed by atoms with Crippen molar-refractivity contribution < 1.29 is 38.1 Å². The maximum Gasteiger partial charge on any atom is 0.351 e. The summed E-state index contributed by atoms with van der Waals surface area (Å²) in [4.78, 5) is 51.1. The highest BCUT2D eigenvalue weighted by Gasteiger charge is 2.49. The summed E-state index contributed by atoms with van der Waals surface area (Å²) in [6, 6.07) is 8.82. The van der Waals surface area contributed by atoms with E-state index in [9.17, 15) is 19.2 Å². The first-order valence-corrected chi connectivity index (χ1v) is 12.1. The fraction of sp³-hybridized carbons (Fsp3) is 0.615. The summed E-state index contributed by atoms with van der Waals surface area (Å²) in [5.41, 5.74) is -1.50. The Labute approximate surface area is 202 Å². The molecule has 0 aliphatic carbocycles. The van der Waals surface area contributed by atoms with Crippen LogP contribution in [0.15, 0.2) is 30.3 Å². The van der Waals surface area contributed by atoms with Crippen molar-refractivity contribution in [3.63, 3.8) is 0 Å². The second-order valence-electron chi connectivity index (χ2n) is 8.12. The van der Waals surface area contributed by atoms with E-state index in [1.807, 2.05) is 26.8 Å². The van der Waals surface area contributed by atoms with Crippen LogP contribution in [0.5, 0.6) is 0 Å². The van der Waals surface area contributed by atoms with Crippen LogP contribution in [0.3, 0.4) is 0 Å². The summed E-state index contributed by atoms with van der Waals surface area (Å²) in [5, 5.41) is 0. The van der Waals surface area contributed by atoms with Crippen LogP contribution in [0, 0.1) is 0 Å². The summed E-state index contributed by atoms with van der Waals surface area (Å²) < 4.78 is 21.3. The average molecular weight is 479 g/mol. The van der Waals surface area contributed by atoms with Crippen LogP contribution in [0.2, 0.25) is 0 Å². The molecule has 1 aromatic rings. The van der Waals surface area contributed by atoms with Crippen LogP contribution in [0.1, 0.15) is 77.7 Å². The van der Waals surface area contributed by atoms with Gasteiger partial charge in [-0.1, -0.05) is 70.4 Å². The number of ether oxygens (including phenoxy) is 4. The Morgan fingerprint density at radius 1 is 0.676 bits per heavy atom. The maximum absolute atomic E-state index is 13.1. The molecule has 0 aromatic heterocycles. The molecule has 0 saturated carbocycles. The Balaban J connectivity index is 3.15. The zero-order chi connectivity index (χ0) is 25.2. The summed E-state index contributed by atoms with van der Waals surface area (Å²) in [5.74, 6) is -3.23. The van der Waals surface area contributed by atoms with Crippen molar-refractivity contribution in [2.24, 2.45) is 0 Å². The van der Waals surface area contributed by atoms with Crippen LogP contribution < -0.4 is 0 Å². The number of unbranched alkanes of at least 4 members (excludes halogenated alkanes) is 3. The minimum Gasteiger partial charge on any atom is -0.466 e. The number of rotatable bonds is 17. The van der Waals surface area contributed by atoms with Gasteiger partial charge in [0, 0.05) is 0 Å². The van der Waals surface area contributed by atoms with Gasteiger partial charge in [-0.2, -0.15) is 0 Å². The summed E-state index contributed by atoms with van der Waals surface area (Å²) in [6.07, 6.45) is 2.87.